The van der Waals surface area contributed by atoms with Gasteiger partial charge in [-0.25, -0.2) is 4.98 Å². The van der Waals surface area contributed by atoms with E-state index in [-0.39, 0.29) is 0 Å². The normalized spacial score (nSPS) is 30.3. The summed E-state index contributed by atoms with van der Waals surface area (Å²) in [7, 11) is 0. The fourth-order valence-corrected chi connectivity index (χ4v) is 3.54. The summed E-state index contributed by atoms with van der Waals surface area (Å²) in [4.78, 5) is 7.02. The average molecular weight is 238 g/mol. The molecule has 2 aliphatic rings. The van der Waals surface area contributed by atoms with Crippen LogP contribution >= 0.6 is 11.5 Å². The first-order chi connectivity index (χ1) is 7.81. The molecule has 4 nitrogen and oxygen atoms in total. The minimum absolute atomic E-state index is 0.603. The van der Waals surface area contributed by atoms with Crippen LogP contribution in [0.4, 0.5) is 5.13 Å². The molecular weight excluding hydrogens is 220 g/mol. The molecule has 0 aromatic carbocycles. The summed E-state index contributed by atoms with van der Waals surface area (Å²) >= 11 is 1.48. The van der Waals surface area contributed by atoms with Crippen LogP contribution in [0.15, 0.2) is 0 Å². The van der Waals surface area contributed by atoms with Crippen molar-refractivity contribution in [3.63, 3.8) is 0 Å². The molecule has 0 radical (unpaired) electrons. The molecule has 1 N–H and O–H groups in total. The van der Waals surface area contributed by atoms with Crippen LogP contribution in [0.2, 0.25) is 0 Å². The van der Waals surface area contributed by atoms with Crippen molar-refractivity contribution < 1.29 is 0 Å². The number of nitrogens with one attached hydrogen (secondary N) is 1. The third-order valence-corrected chi connectivity index (χ3v) is 4.41. The first kappa shape index (κ1) is 10.5. The maximum absolute atomic E-state index is 4.37. The van der Waals surface area contributed by atoms with Crippen molar-refractivity contribution in [3.8, 4) is 0 Å². The molecule has 3 rings (SSSR count). The average Bonchev–Trinajstić information content (AvgIpc) is 2.87. The molecule has 0 spiro atoms. The third kappa shape index (κ3) is 2.06. The SMILES string of the molecule is Cc1nsc(N[C@H]2CCN3CCC[C@@H]3C2)n1. The molecule has 0 amide bonds. The van der Waals surface area contributed by atoms with Crippen LogP contribution in [0, 0.1) is 6.92 Å². The van der Waals surface area contributed by atoms with E-state index in [2.05, 4.69) is 19.6 Å². The zero-order valence-electron chi connectivity index (χ0n) is 9.65. The summed E-state index contributed by atoms with van der Waals surface area (Å²) < 4.78 is 4.21. The Hall–Kier alpha value is -0.680. The quantitative estimate of drug-likeness (QED) is 0.854. The molecule has 5 heteroatoms. The summed E-state index contributed by atoms with van der Waals surface area (Å²) in [6.07, 6.45) is 5.29. The molecule has 2 fully saturated rings. The van der Waals surface area contributed by atoms with Gasteiger partial charge in [0.25, 0.3) is 0 Å². The Balaban J connectivity index is 1.60. The van der Waals surface area contributed by atoms with Crippen LogP contribution in [0.25, 0.3) is 0 Å². The van der Waals surface area contributed by atoms with E-state index in [1.165, 1.54) is 50.3 Å². The second-order valence-corrected chi connectivity index (χ2v) is 5.60. The predicted octanol–water partition coefficient (Wildman–Crippen LogP) is 1.89. The van der Waals surface area contributed by atoms with Crippen molar-refractivity contribution >= 4 is 16.7 Å². The molecule has 0 aliphatic carbocycles. The van der Waals surface area contributed by atoms with Gasteiger partial charge in [-0.1, -0.05) is 0 Å². The summed E-state index contributed by atoms with van der Waals surface area (Å²) in [5, 5.41) is 4.53. The number of anilines is 1. The first-order valence-corrected chi connectivity index (χ1v) is 6.89. The number of fused-ring (bicyclic) bond motifs is 1. The molecular formula is C11H18N4S. The highest BCUT2D eigenvalue weighted by atomic mass is 32.1. The Morgan fingerprint density at radius 3 is 3.12 bits per heavy atom. The Morgan fingerprint density at radius 1 is 1.38 bits per heavy atom. The molecule has 16 heavy (non-hydrogen) atoms. The summed E-state index contributed by atoms with van der Waals surface area (Å²) in [5.41, 5.74) is 0. The predicted molar refractivity (Wildman–Crippen MR) is 65.9 cm³/mol. The number of hydrogen-bond acceptors (Lipinski definition) is 5. The second-order valence-electron chi connectivity index (χ2n) is 4.84. The van der Waals surface area contributed by atoms with Crippen molar-refractivity contribution in [3.05, 3.63) is 5.82 Å². The highest BCUT2D eigenvalue weighted by molar-refractivity contribution is 7.09. The fraction of sp³-hybridized carbons (Fsp3) is 0.818. The summed E-state index contributed by atoms with van der Waals surface area (Å²) in [5.74, 6) is 0.880. The van der Waals surface area contributed by atoms with Gasteiger partial charge in [-0.05, 0) is 39.2 Å². The molecule has 1 aromatic heterocycles. The minimum atomic E-state index is 0.603. The molecule has 2 aliphatic heterocycles. The lowest BCUT2D eigenvalue weighted by Crippen LogP contribution is -2.42. The van der Waals surface area contributed by atoms with Gasteiger partial charge in [0.1, 0.15) is 5.82 Å². The van der Waals surface area contributed by atoms with E-state index in [4.69, 9.17) is 0 Å². The van der Waals surface area contributed by atoms with Gasteiger partial charge in [0.05, 0.1) is 0 Å². The van der Waals surface area contributed by atoms with E-state index < -0.39 is 0 Å². The van der Waals surface area contributed by atoms with Crippen LogP contribution in [0.1, 0.15) is 31.5 Å². The van der Waals surface area contributed by atoms with Gasteiger partial charge in [-0.2, -0.15) is 4.37 Å². The standard InChI is InChI=1S/C11H18N4S/c1-8-12-11(16-14-8)13-9-4-6-15-5-2-3-10(15)7-9/h9-10H,2-7H2,1H3,(H,12,13,14)/t9-,10+/m0/s1. The number of aryl methyl sites for hydroxylation is 1. The summed E-state index contributed by atoms with van der Waals surface area (Å²) in [6.45, 7) is 4.51. The van der Waals surface area contributed by atoms with Crippen LogP contribution in [0.3, 0.4) is 0 Å². The van der Waals surface area contributed by atoms with Gasteiger partial charge in [0.15, 0.2) is 0 Å². The van der Waals surface area contributed by atoms with Crippen LogP contribution in [-0.2, 0) is 0 Å². The summed E-state index contributed by atoms with van der Waals surface area (Å²) in [6, 6.07) is 1.42. The lowest BCUT2D eigenvalue weighted by atomic mass is 9.98. The second kappa shape index (κ2) is 4.30. The van der Waals surface area contributed by atoms with Crippen LogP contribution in [-0.4, -0.2) is 39.4 Å². The van der Waals surface area contributed by atoms with Gasteiger partial charge in [0.2, 0.25) is 5.13 Å². The van der Waals surface area contributed by atoms with E-state index in [9.17, 15) is 0 Å². The smallest absolute Gasteiger partial charge is 0.202 e. The van der Waals surface area contributed by atoms with Gasteiger partial charge in [-0.15, -0.1) is 0 Å². The molecule has 3 heterocycles. The molecule has 1 aromatic rings. The van der Waals surface area contributed by atoms with Crippen molar-refractivity contribution in [2.45, 2.75) is 44.7 Å². The third-order valence-electron chi connectivity index (χ3n) is 3.68. The Kier molecular flexibility index (Phi) is 2.81. The lowest BCUT2D eigenvalue weighted by molar-refractivity contribution is 0.188. The van der Waals surface area contributed by atoms with Crippen LogP contribution in [0.5, 0.6) is 0 Å². The first-order valence-electron chi connectivity index (χ1n) is 6.12. The largest absolute Gasteiger partial charge is 0.357 e. The van der Waals surface area contributed by atoms with Crippen LogP contribution < -0.4 is 5.32 Å². The minimum Gasteiger partial charge on any atom is -0.357 e. The number of rotatable bonds is 2. The maximum atomic E-state index is 4.37. The van der Waals surface area contributed by atoms with Crippen molar-refractivity contribution in [1.82, 2.24) is 14.3 Å². The zero-order valence-corrected chi connectivity index (χ0v) is 10.5. The molecule has 0 saturated carbocycles. The van der Waals surface area contributed by atoms with Crippen molar-refractivity contribution in [2.75, 3.05) is 18.4 Å². The topological polar surface area (TPSA) is 41.1 Å². The number of aromatic nitrogens is 2. The van der Waals surface area contributed by atoms with Crippen molar-refractivity contribution in [2.24, 2.45) is 0 Å². The monoisotopic (exact) mass is 238 g/mol. The fourth-order valence-electron chi connectivity index (χ4n) is 2.89. The zero-order chi connectivity index (χ0) is 11.0. The Morgan fingerprint density at radius 2 is 2.31 bits per heavy atom. The molecule has 88 valence electrons. The van der Waals surface area contributed by atoms with Gasteiger partial charge >= 0.3 is 0 Å². The number of nitrogens with zero attached hydrogens (tertiary/aromatic N) is 3. The van der Waals surface area contributed by atoms with E-state index in [0.717, 1.165) is 17.0 Å². The maximum Gasteiger partial charge on any atom is 0.202 e. The Bertz CT molecular complexity index is 365. The number of piperidine rings is 1. The van der Waals surface area contributed by atoms with E-state index in [1.807, 2.05) is 6.92 Å². The lowest BCUT2D eigenvalue weighted by Gasteiger charge is -2.34. The van der Waals surface area contributed by atoms with Gasteiger partial charge < -0.3 is 10.2 Å². The molecule has 2 saturated heterocycles. The Labute approximate surface area is 100 Å². The highest BCUT2D eigenvalue weighted by Crippen LogP contribution is 2.28. The van der Waals surface area contributed by atoms with E-state index in [0.29, 0.717) is 6.04 Å². The van der Waals surface area contributed by atoms with Crippen molar-refractivity contribution in [1.29, 1.82) is 0 Å². The molecule has 0 bridgehead atoms. The van der Waals surface area contributed by atoms with E-state index >= 15 is 0 Å². The van der Waals surface area contributed by atoms with Gasteiger partial charge in [-0.3, -0.25) is 0 Å². The molecule has 0 unspecified atom stereocenters. The highest BCUT2D eigenvalue weighted by Gasteiger charge is 2.31. The van der Waals surface area contributed by atoms with E-state index in [1.54, 1.807) is 0 Å². The van der Waals surface area contributed by atoms with Gasteiger partial charge in [0, 0.05) is 30.2 Å². The molecule has 2 atom stereocenters. The number of hydrogen-bond donors (Lipinski definition) is 1.